The Morgan fingerprint density at radius 2 is 1.90 bits per heavy atom. The van der Waals surface area contributed by atoms with Crippen LogP contribution in [0, 0.1) is 10.1 Å². The number of hydrogen-bond acceptors (Lipinski definition) is 7. The first kappa shape index (κ1) is 16.5. The fourth-order valence-electron chi connectivity index (χ4n) is 1.51. The van der Waals surface area contributed by atoms with Crippen LogP contribution in [-0.4, -0.2) is 34.1 Å². The van der Waals surface area contributed by atoms with E-state index in [1.165, 1.54) is 12.1 Å². The van der Waals surface area contributed by atoms with E-state index in [-0.39, 0.29) is 30.8 Å². The lowest BCUT2D eigenvalue weighted by Gasteiger charge is -2.22. The zero-order valence-electron chi connectivity index (χ0n) is 11.0. The number of ether oxygens (including phenoxy) is 1. The van der Waals surface area contributed by atoms with E-state index in [9.17, 15) is 19.7 Å². The fraction of sp³-hybridized carbons (Fsp3) is 0.333. The Morgan fingerprint density at radius 3 is 2.33 bits per heavy atom. The van der Waals surface area contributed by atoms with Gasteiger partial charge in [-0.05, 0) is 31.5 Å². The van der Waals surface area contributed by atoms with Crippen LogP contribution in [0.4, 0.5) is 5.69 Å². The molecule has 1 rings (SSSR count). The van der Waals surface area contributed by atoms with Crippen molar-refractivity contribution >= 4 is 17.6 Å². The van der Waals surface area contributed by atoms with Gasteiger partial charge in [-0.25, -0.2) is 9.59 Å². The molecule has 1 aromatic rings. The summed E-state index contributed by atoms with van der Waals surface area (Å²) in [5.41, 5.74) is 8.44. The van der Waals surface area contributed by atoms with Crippen LogP contribution in [-0.2, 0) is 9.59 Å². The van der Waals surface area contributed by atoms with E-state index in [0.717, 1.165) is 12.1 Å². The van der Waals surface area contributed by atoms with Gasteiger partial charge in [0, 0.05) is 12.1 Å². The zero-order valence-corrected chi connectivity index (χ0v) is 11.0. The minimum absolute atomic E-state index is 0.0329. The monoisotopic (exact) mass is 297 g/mol. The number of aliphatic carboxylic acids is 1. The van der Waals surface area contributed by atoms with E-state index in [4.69, 9.17) is 21.3 Å². The highest BCUT2D eigenvalue weighted by molar-refractivity contribution is 6.04. The van der Waals surface area contributed by atoms with Crippen LogP contribution < -0.4 is 16.2 Å². The maximum Gasteiger partial charge on any atom is 0.343 e. The highest BCUT2D eigenvalue weighted by Gasteiger charge is 2.43. The molecule has 9 heteroatoms. The van der Waals surface area contributed by atoms with Gasteiger partial charge >= 0.3 is 11.9 Å². The molecule has 9 nitrogen and oxygen atoms in total. The number of nitro groups is 1. The highest BCUT2D eigenvalue weighted by Crippen LogP contribution is 2.20. The van der Waals surface area contributed by atoms with Crippen LogP contribution in [0.5, 0.6) is 5.75 Å². The lowest BCUT2D eigenvalue weighted by molar-refractivity contribution is -0.384. The molecule has 0 aromatic heterocycles. The number of carboxylic acids is 1. The molecule has 0 heterocycles. The van der Waals surface area contributed by atoms with Gasteiger partial charge < -0.3 is 21.3 Å². The third-order valence-electron chi connectivity index (χ3n) is 2.78. The molecule has 1 aromatic carbocycles. The number of carboxylic acid groups (broad SMARTS) is 1. The average Bonchev–Trinajstić information content (AvgIpc) is 2.44. The first-order valence-electron chi connectivity index (χ1n) is 6.00. The zero-order chi connectivity index (χ0) is 16.0. The van der Waals surface area contributed by atoms with E-state index in [2.05, 4.69) is 0 Å². The predicted molar refractivity (Wildman–Crippen MR) is 71.6 cm³/mol. The van der Waals surface area contributed by atoms with Crippen LogP contribution >= 0.6 is 0 Å². The van der Waals surface area contributed by atoms with Gasteiger partial charge in [0.25, 0.3) is 5.69 Å². The summed E-state index contributed by atoms with van der Waals surface area (Å²) < 4.78 is 4.86. The first-order chi connectivity index (χ1) is 9.81. The smallest absolute Gasteiger partial charge is 0.343 e. The number of hydrogen-bond donors (Lipinski definition) is 3. The summed E-state index contributed by atoms with van der Waals surface area (Å²) in [6, 6.07) is 4.62. The van der Waals surface area contributed by atoms with E-state index in [0.29, 0.717) is 0 Å². The van der Waals surface area contributed by atoms with Gasteiger partial charge in [0.15, 0.2) is 0 Å². The molecule has 0 saturated carbocycles. The molecule has 0 aliphatic rings. The number of rotatable bonds is 7. The standard InChI is InChI=1S/C12H15N3O6/c13-7-1-6-12(14,10(16)17)11(18)21-9-4-2-8(3-5-9)15(19)20/h2-5H,1,6-7,13-14H2,(H,16,17)/t12-/m0/s1. The van der Waals surface area contributed by atoms with Crippen molar-refractivity contribution in [3.8, 4) is 5.75 Å². The quantitative estimate of drug-likeness (QED) is 0.209. The molecular weight excluding hydrogens is 282 g/mol. The SMILES string of the molecule is NCCC[C@](N)(C(=O)O)C(=O)Oc1ccc([N+](=O)[O-])cc1. The summed E-state index contributed by atoms with van der Waals surface area (Å²) in [6.07, 6.45) is 0.0583. The second kappa shape index (κ2) is 6.77. The summed E-state index contributed by atoms with van der Waals surface area (Å²) in [5.74, 6) is -2.71. The minimum Gasteiger partial charge on any atom is -0.479 e. The lowest BCUT2D eigenvalue weighted by Crippen LogP contribution is -2.57. The summed E-state index contributed by atoms with van der Waals surface area (Å²) in [7, 11) is 0. The Balaban J connectivity index is 2.86. The van der Waals surface area contributed by atoms with Crippen LogP contribution in [0.25, 0.3) is 0 Å². The largest absolute Gasteiger partial charge is 0.479 e. The maximum absolute atomic E-state index is 11.9. The summed E-state index contributed by atoms with van der Waals surface area (Å²) in [5, 5.41) is 19.6. The Labute approximate surface area is 119 Å². The molecule has 0 aliphatic heterocycles. The molecule has 0 radical (unpaired) electrons. The number of carbonyl (C=O) groups is 2. The second-order valence-corrected chi connectivity index (χ2v) is 4.31. The number of esters is 1. The van der Waals surface area contributed by atoms with Crippen molar-refractivity contribution in [1.29, 1.82) is 0 Å². The summed E-state index contributed by atoms with van der Waals surface area (Å²) in [4.78, 5) is 32.9. The van der Waals surface area contributed by atoms with E-state index < -0.39 is 22.4 Å². The van der Waals surface area contributed by atoms with Crippen molar-refractivity contribution in [1.82, 2.24) is 0 Å². The van der Waals surface area contributed by atoms with Crippen molar-refractivity contribution in [2.75, 3.05) is 6.54 Å². The van der Waals surface area contributed by atoms with E-state index in [1.807, 2.05) is 0 Å². The van der Waals surface area contributed by atoms with Crippen molar-refractivity contribution in [3.63, 3.8) is 0 Å². The average molecular weight is 297 g/mol. The normalized spacial score (nSPS) is 13.2. The topological polar surface area (TPSA) is 159 Å². The van der Waals surface area contributed by atoms with Crippen LogP contribution in [0.15, 0.2) is 24.3 Å². The van der Waals surface area contributed by atoms with E-state index >= 15 is 0 Å². The third-order valence-corrected chi connectivity index (χ3v) is 2.78. The number of non-ortho nitro benzene ring substituents is 1. The molecular formula is C12H15N3O6. The van der Waals surface area contributed by atoms with Gasteiger partial charge in [-0.1, -0.05) is 0 Å². The molecule has 0 saturated heterocycles. The molecule has 0 aliphatic carbocycles. The van der Waals surface area contributed by atoms with Gasteiger partial charge in [-0.2, -0.15) is 0 Å². The first-order valence-corrected chi connectivity index (χ1v) is 6.00. The van der Waals surface area contributed by atoms with Crippen LogP contribution in [0.2, 0.25) is 0 Å². The van der Waals surface area contributed by atoms with Gasteiger partial charge in [0.2, 0.25) is 5.54 Å². The molecule has 0 amide bonds. The number of benzene rings is 1. The van der Waals surface area contributed by atoms with E-state index in [1.54, 1.807) is 0 Å². The molecule has 5 N–H and O–H groups in total. The van der Waals surface area contributed by atoms with Crippen molar-refractivity contribution in [2.45, 2.75) is 18.4 Å². The van der Waals surface area contributed by atoms with Gasteiger partial charge in [0.1, 0.15) is 5.75 Å². The summed E-state index contributed by atoms with van der Waals surface area (Å²) in [6.45, 7) is 0.178. The van der Waals surface area contributed by atoms with Crippen molar-refractivity contribution in [2.24, 2.45) is 11.5 Å². The fourth-order valence-corrected chi connectivity index (χ4v) is 1.51. The Morgan fingerprint density at radius 1 is 1.33 bits per heavy atom. The van der Waals surface area contributed by atoms with Gasteiger partial charge in [-0.3, -0.25) is 10.1 Å². The predicted octanol–water partition coefficient (Wildman–Crippen LogP) is 0.0212. The number of nitrogens with two attached hydrogens (primary N) is 2. The molecule has 0 unspecified atom stereocenters. The van der Waals surface area contributed by atoms with Gasteiger partial charge in [-0.15, -0.1) is 0 Å². The number of nitrogens with zero attached hydrogens (tertiary/aromatic N) is 1. The molecule has 21 heavy (non-hydrogen) atoms. The molecule has 1 atom stereocenters. The lowest BCUT2D eigenvalue weighted by atomic mass is 9.95. The molecule has 0 bridgehead atoms. The van der Waals surface area contributed by atoms with Crippen LogP contribution in [0.1, 0.15) is 12.8 Å². The third kappa shape index (κ3) is 3.97. The molecule has 0 spiro atoms. The van der Waals surface area contributed by atoms with Crippen LogP contribution in [0.3, 0.4) is 0 Å². The Bertz CT molecular complexity index is 544. The Hall–Kier alpha value is -2.52. The number of carbonyl (C=O) groups excluding carboxylic acids is 1. The maximum atomic E-state index is 11.9. The van der Waals surface area contributed by atoms with Gasteiger partial charge in [0.05, 0.1) is 4.92 Å². The minimum atomic E-state index is -2.21. The Kier molecular flexibility index (Phi) is 5.33. The molecule has 114 valence electrons. The highest BCUT2D eigenvalue weighted by atomic mass is 16.6. The second-order valence-electron chi connectivity index (χ2n) is 4.31. The van der Waals surface area contributed by atoms with Crippen molar-refractivity contribution in [3.05, 3.63) is 34.4 Å². The number of nitro benzene ring substituents is 1. The summed E-state index contributed by atoms with van der Waals surface area (Å²) >= 11 is 0. The van der Waals surface area contributed by atoms with Crippen molar-refractivity contribution < 1.29 is 24.4 Å². The molecule has 0 fully saturated rings.